The molecule has 3 rings (SSSR count). The predicted molar refractivity (Wildman–Crippen MR) is 106 cm³/mol. The second-order valence-corrected chi connectivity index (χ2v) is 6.11. The molecule has 0 amide bonds. The summed E-state index contributed by atoms with van der Waals surface area (Å²) in [5, 5.41) is 0. The number of benzene rings is 2. The van der Waals surface area contributed by atoms with Crippen molar-refractivity contribution in [3.05, 3.63) is 107 Å². The molecule has 1 aliphatic carbocycles. The summed E-state index contributed by atoms with van der Waals surface area (Å²) in [6.45, 7) is 0. The molecule has 0 unspecified atom stereocenters. The van der Waals surface area contributed by atoms with Gasteiger partial charge in [-0.3, -0.25) is 4.79 Å². The molecule has 25 heavy (non-hydrogen) atoms. The Morgan fingerprint density at radius 2 is 1.08 bits per heavy atom. The molecule has 1 aliphatic rings. The van der Waals surface area contributed by atoms with E-state index in [0.29, 0.717) is 0 Å². The highest BCUT2D eigenvalue weighted by Crippen LogP contribution is 2.25. The van der Waals surface area contributed by atoms with Gasteiger partial charge in [0, 0.05) is 0 Å². The molecule has 0 atom stereocenters. The molecule has 1 nitrogen and oxygen atoms in total. The average Bonchev–Trinajstić information content (AvgIpc) is 2.66. The van der Waals surface area contributed by atoms with Crippen LogP contribution in [-0.2, 0) is 4.79 Å². The van der Waals surface area contributed by atoms with E-state index >= 15 is 0 Å². The highest BCUT2D eigenvalue weighted by Gasteiger charge is 2.18. The molecule has 0 aliphatic heterocycles. The third kappa shape index (κ3) is 5.02. The van der Waals surface area contributed by atoms with Crippen molar-refractivity contribution in [1.29, 1.82) is 0 Å². The zero-order valence-electron chi connectivity index (χ0n) is 14.3. The fourth-order valence-corrected chi connectivity index (χ4v) is 2.90. The van der Waals surface area contributed by atoms with Gasteiger partial charge in [0.15, 0.2) is 5.78 Å². The zero-order chi connectivity index (χ0) is 17.3. The molecule has 1 saturated carbocycles. The Kier molecular flexibility index (Phi) is 5.95. The molecule has 2 aromatic rings. The minimum atomic E-state index is 0.182. The van der Waals surface area contributed by atoms with Gasteiger partial charge in [0.05, 0.1) is 0 Å². The Hall–Kier alpha value is -2.93. The first-order chi connectivity index (χ1) is 12.3. The maximum Gasteiger partial charge on any atom is 0.184 e. The maximum absolute atomic E-state index is 12.6. The van der Waals surface area contributed by atoms with Crippen molar-refractivity contribution in [1.82, 2.24) is 0 Å². The van der Waals surface area contributed by atoms with Gasteiger partial charge in [-0.1, -0.05) is 97.1 Å². The fourth-order valence-electron chi connectivity index (χ4n) is 2.90. The Morgan fingerprint density at radius 1 is 0.640 bits per heavy atom. The lowest BCUT2D eigenvalue weighted by Gasteiger charge is -2.15. The van der Waals surface area contributed by atoms with Crippen molar-refractivity contribution < 1.29 is 4.79 Å². The Bertz CT molecular complexity index is 751. The Labute approximate surface area is 149 Å². The van der Waals surface area contributed by atoms with Crippen molar-refractivity contribution >= 4 is 17.9 Å². The molecule has 0 saturated heterocycles. The predicted octanol–water partition coefficient (Wildman–Crippen LogP) is 6.02. The van der Waals surface area contributed by atoms with Gasteiger partial charge >= 0.3 is 0 Å². The van der Waals surface area contributed by atoms with Gasteiger partial charge in [0.25, 0.3) is 0 Å². The summed E-state index contributed by atoms with van der Waals surface area (Å²) < 4.78 is 0. The second kappa shape index (κ2) is 8.79. The third-order valence-electron chi connectivity index (χ3n) is 4.25. The smallest absolute Gasteiger partial charge is 0.184 e. The summed E-state index contributed by atoms with van der Waals surface area (Å²) in [6, 6.07) is 20.3. The molecule has 0 aromatic heterocycles. The number of hydrogen-bond donors (Lipinski definition) is 0. The molecule has 2 aromatic carbocycles. The normalized spacial score (nSPS) is 18.6. The first kappa shape index (κ1) is 16.9. The quantitative estimate of drug-likeness (QED) is 0.628. The van der Waals surface area contributed by atoms with E-state index in [1.54, 1.807) is 0 Å². The zero-order valence-corrected chi connectivity index (χ0v) is 14.3. The summed E-state index contributed by atoms with van der Waals surface area (Å²) in [6.07, 6.45) is 14.7. The summed E-state index contributed by atoms with van der Waals surface area (Å²) in [5.74, 6) is 0.182. The van der Waals surface area contributed by atoms with Gasteiger partial charge < -0.3 is 0 Å². The molecule has 0 radical (unpaired) electrons. The van der Waals surface area contributed by atoms with Gasteiger partial charge in [0.2, 0.25) is 0 Å². The molecular weight excluding hydrogens is 304 g/mol. The lowest BCUT2D eigenvalue weighted by atomic mass is 9.88. The minimum absolute atomic E-state index is 0.182. The lowest BCUT2D eigenvalue weighted by Crippen LogP contribution is -2.12. The van der Waals surface area contributed by atoms with E-state index in [1.807, 2.05) is 72.9 Å². The van der Waals surface area contributed by atoms with Crippen molar-refractivity contribution in [2.45, 2.75) is 19.3 Å². The summed E-state index contributed by atoms with van der Waals surface area (Å²) in [7, 11) is 0. The first-order valence-corrected chi connectivity index (χ1v) is 8.72. The van der Waals surface area contributed by atoms with E-state index < -0.39 is 0 Å². The summed E-state index contributed by atoms with van der Waals surface area (Å²) in [5.41, 5.74) is 4.09. The van der Waals surface area contributed by atoms with Crippen LogP contribution in [0.1, 0.15) is 30.4 Å². The number of Topliss-reactive ketones (excluding diaryl/α,β-unsaturated/α-hetero) is 1. The van der Waals surface area contributed by atoms with E-state index in [4.69, 9.17) is 0 Å². The molecule has 0 bridgehead atoms. The van der Waals surface area contributed by atoms with Crippen LogP contribution < -0.4 is 0 Å². The first-order valence-electron chi connectivity index (χ1n) is 8.72. The number of hydrogen-bond acceptors (Lipinski definition) is 1. The SMILES string of the molecule is O=C1/C(=C\C=C\c2ccccc2)CCC/C1=C/C=C/c1ccccc1. The van der Waals surface area contributed by atoms with Crippen LogP contribution in [0.2, 0.25) is 0 Å². The molecule has 0 N–H and O–H groups in total. The van der Waals surface area contributed by atoms with E-state index in [1.165, 1.54) is 0 Å². The van der Waals surface area contributed by atoms with E-state index in [2.05, 4.69) is 24.3 Å². The van der Waals surface area contributed by atoms with Crippen LogP contribution >= 0.6 is 0 Å². The maximum atomic E-state index is 12.6. The van der Waals surface area contributed by atoms with Gasteiger partial charge in [0.1, 0.15) is 0 Å². The van der Waals surface area contributed by atoms with E-state index in [-0.39, 0.29) is 5.78 Å². The topological polar surface area (TPSA) is 17.1 Å². The monoisotopic (exact) mass is 326 g/mol. The highest BCUT2D eigenvalue weighted by molar-refractivity contribution is 6.09. The van der Waals surface area contributed by atoms with Crippen LogP contribution in [0.4, 0.5) is 0 Å². The highest BCUT2D eigenvalue weighted by atomic mass is 16.1. The van der Waals surface area contributed by atoms with Gasteiger partial charge in [-0.2, -0.15) is 0 Å². The molecule has 1 fully saturated rings. The standard InChI is InChI=1S/C24H22O/c25-24-22(16-7-14-20-10-3-1-4-11-20)18-9-19-23(24)17-8-15-21-12-5-2-6-13-21/h1-8,10-17H,9,18-19H2/b14-7+,15-8+,22-16-,23-17-. The van der Waals surface area contributed by atoms with Crippen LogP contribution in [0, 0.1) is 0 Å². The number of rotatable bonds is 4. The molecule has 0 heterocycles. The fraction of sp³-hybridized carbons (Fsp3) is 0.125. The Balaban J connectivity index is 1.68. The lowest BCUT2D eigenvalue weighted by molar-refractivity contribution is -0.113. The van der Waals surface area contributed by atoms with Crippen molar-refractivity contribution in [3.8, 4) is 0 Å². The van der Waals surface area contributed by atoms with Crippen LogP contribution in [0.15, 0.2) is 96.1 Å². The van der Waals surface area contributed by atoms with Gasteiger partial charge in [-0.05, 0) is 41.5 Å². The molecular formula is C24H22O. The number of carbonyl (C=O) groups is 1. The largest absolute Gasteiger partial charge is 0.289 e. The van der Waals surface area contributed by atoms with Crippen LogP contribution in [-0.4, -0.2) is 5.78 Å². The summed E-state index contributed by atoms with van der Waals surface area (Å²) >= 11 is 0. The van der Waals surface area contributed by atoms with Crippen LogP contribution in [0.3, 0.4) is 0 Å². The van der Waals surface area contributed by atoms with Gasteiger partial charge in [-0.25, -0.2) is 0 Å². The number of carbonyl (C=O) groups excluding carboxylic acids is 1. The third-order valence-corrected chi connectivity index (χ3v) is 4.25. The summed E-state index contributed by atoms with van der Waals surface area (Å²) in [4.78, 5) is 12.6. The van der Waals surface area contributed by atoms with E-state index in [9.17, 15) is 4.79 Å². The second-order valence-electron chi connectivity index (χ2n) is 6.11. The van der Waals surface area contributed by atoms with Crippen molar-refractivity contribution in [2.75, 3.05) is 0 Å². The Morgan fingerprint density at radius 3 is 1.52 bits per heavy atom. The molecule has 0 spiro atoms. The van der Waals surface area contributed by atoms with E-state index in [0.717, 1.165) is 41.5 Å². The van der Waals surface area contributed by atoms with Crippen LogP contribution in [0.25, 0.3) is 12.2 Å². The average molecular weight is 326 g/mol. The molecule has 124 valence electrons. The van der Waals surface area contributed by atoms with Crippen molar-refractivity contribution in [2.24, 2.45) is 0 Å². The van der Waals surface area contributed by atoms with Crippen molar-refractivity contribution in [3.63, 3.8) is 0 Å². The number of allylic oxidation sites excluding steroid dienone is 6. The van der Waals surface area contributed by atoms with Gasteiger partial charge in [-0.15, -0.1) is 0 Å². The number of ketones is 1. The minimum Gasteiger partial charge on any atom is -0.289 e. The van der Waals surface area contributed by atoms with Crippen LogP contribution in [0.5, 0.6) is 0 Å². The molecule has 1 heteroatoms.